The number of aliphatic hydroxyl groups excluding tert-OH is 1. The van der Waals surface area contributed by atoms with E-state index in [0.717, 1.165) is 5.75 Å². The van der Waals surface area contributed by atoms with Crippen molar-refractivity contribution < 1.29 is 9.90 Å². The van der Waals surface area contributed by atoms with Crippen LogP contribution < -0.4 is 5.32 Å². The number of anilines is 1. The molecule has 0 radical (unpaired) electrons. The molecule has 0 aliphatic carbocycles. The van der Waals surface area contributed by atoms with Gasteiger partial charge in [0.05, 0.1) is 16.5 Å². The van der Waals surface area contributed by atoms with Crippen LogP contribution in [0.4, 0.5) is 5.69 Å². The number of carbonyl (C=O) groups is 1. The Labute approximate surface area is 111 Å². The maximum absolute atomic E-state index is 11.9. The predicted octanol–water partition coefficient (Wildman–Crippen LogP) is 2.00. The molecule has 0 fully saturated rings. The van der Waals surface area contributed by atoms with Crippen molar-refractivity contribution in [3.63, 3.8) is 0 Å². The lowest BCUT2D eigenvalue weighted by atomic mass is 10.2. The van der Waals surface area contributed by atoms with Gasteiger partial charge in [-0.05, 0) is 31.2 Å². The Hall–Kier alpha value is -1.51. The van der Waals surface area contributed by atoms with Gasteiger partial charge in [0.25, 0.3) is 0 Å². The summed E-state index contributed by atoms with van der Waals surface area (Å²) in [6.45, 7) is 1.95. The van der Waals surface area contributed by atoms with Gasteiger partial charge in [0.2, 0.25) is 5.91 Å². The SMILES string of the molecule is CC(SCCCO)C(=O)Nc1ccccc1C#N. The molecule has 1 aromatic rings. The molecule has 1 amide bonds. The fraction of sp³-hybridized carbons (Fsp3) is 0.385. The first-order valence-electron chi connectivity index (χ1n) is 5.71. The first-order valence-corrected chi connectivity index (χ1v) is 6.76. The Kier molecular flexibility index (Phi) is 6.26. The zero-order valence-electron chi connectivity index (χ0n) is 10.2. The highest BCUT2D eigenvalue weighted by molar-refractivity contribution is 8.00. The lowest BCUT2D eigenvalue weighted by molar-refractivity contribution is -0.115. The molecule has 2 N–H and O–H groups in total. The van der Waals surface area contributed by atoms with E-state index < -0.39 is 0 Å². The van der Waals surface area contributed by atoms with E-state index in [-0.39, 0.29) is 17.8 Å². The maximum Gasteiger partial charge on any atom is 0.237 e. The van der Waals surface area contributed by atoms with Crippen molar-refractivity contribution in [1.82, 2.24) is 0 Å². The fourth-order valence-corrected chi connectivity index (χ4v) is 2.18. The number of rotatable bonds is 6. The number of hydrogen-bond donors (Lipinski definition) is 2. The number of aliphatic hydroxyl groups is 1. The van der Waals surface area contributed by atoms with Gasteiger partial charge < -0.3 is 10.4 Å². The third kappa shape index (κ3) is 4.40. The van der Waals surface area contributed by atoms with Gasteiger partial charge in [0, 0.05) is 6.61 Å². The van der Waals surface area contributed by atoms with Crippen molar-refractivity contribution in [2.75, 3.05) is 17.7 Å². The van der Waals surface area contributed by atoms with Crippen molar-refractivity contribution >= 4 is 23.4 Å². The third-order valence-electron chi connectivity index (χ3n) is 2.34. The number of amides is 1. The van der Waals surface area contributed by atoms with E-state index in [1.54, 1.807) is 24.3 Å². The topological polar surface area (TPSA) is 73.1 Å². The summed E-state index contributed by atoms with van der Waals surface area (Å²) >= 11 is 1.49. The molecule has 1 unspecified atom stereocenters. The summed E-state index contributed by atoms with van der Waals surface area (Å²) in [7, 11) is 0. The first-order chi connectivity index (χ1) is 8.69. The molecule has 1 atom stereocenters. The molecule has 0 aromatic heterocycles. The minimum Gasteiger partial charge on any atom is -0.396 e. The average molecular weight is 264 g/mol. The fourth-order valence-electron chi connectivity index (χ4n) is 1.32. The number of nitrogens with one attached hydrogen (secondary N) is 1. The molecule has 96 valence electrons. The predicted molar refractivity (Wildman–Crippen MR) is 73.4 cm³/mol. The molecule has 0 aliphatic heterocycles. The molecule has 0 saturated carbocycles. The van der Waals surface area contributed by atoms with Gasteiger partial charge in [-0.25, -0.2) is 0 Å². The van der Waals surface area contributed by atoms with E-state index in [9.17, 15) is 4.79 Å². The van der Waals surface area contributed by atoms with Crippen molar-refractivity contribution in [2.45, 2.75) is 18.6 Å². The first kappa shape index (κ1) is 14.6. The summed E-state index contributed by atoms with van der Waals surface area (Å²) in [6.07, 6.45) is 0.678. The monoisotopic (exact) mass is 264 g/mol. The second-order valence-corrected chi connectivity index (χ2v) is 5.19. The Balaban J connectivity index is 2.56. The zero-order valence-corrected chi connectivity index (χ0v) is 11.0. The highest BCUT2D eigenvalue weighted by atomic mass is 32.2. The second kappa shape index (κ2) is 7.75. The van der Waals surface area contributed by atoms with Crippen molar-refractivity contribution in [3.05, 3.63) is 29.8 Å². The molecule has 0 saturated heterocycles. The average Bonchev–Trinajstić information content (AvgIpc) is 2.39. The van der Waals surface area contributed by atoms with Crippen LogP contribution in [0.25, 0.3) is 0 Å². The van der Waals surface area contributed by atoms with E-state index in [1.807, 2.05) is 13.0 Å². The van der Waals surface area contributed by atoms with Gasteiger partial charge >= 0.3 is 0 Å². The highest BCUT2D eigenvalue weighted by Gasteiger charge is 2.14. The van der Waals surface area contributed by atoms with Crippen LogP contribution in [0.2, 0.25) is 0 Å². The third-order valence-corrected chi connectivity index (χ3v) is 3.58. The number of nitriles is 1. The highest BCUT2D eigenvalue weighted by Crippen LogP contribution is 2.17. The van der Waals surface area contributed by atoms with Crippen molar-refractivity contribution in [3.8, 4) is 6.07 Å². The minimum absolute atomic E-state index is 0.124. The summed E-state index contributed by atoms with van der Waals surface area (Å²) in [6, 6.07) is 8.95. The van der Waals surface area contributed by atoms with E-state index in [1.165, 1.54) is 11.8 Å². The molecule has 0 bridgehead atoms. The number of carbonyl (C=O) groups excluding carboxylic acids is 1. The van der Waals surface area contributed by atoms with Gasteiger partial charge in [-0.15, -0.1) is 11.8 Å². The van der Waals surface area contributed by atoms with Gasteiger partial charge in [-0.2, -0.15) is 5.26 Å². The van der Waals surface area contributed by atoms with Crippen LogP contribution >= 0.6 is 11.8 Å². The molecule has 0 aliphatic rings. The van der Waals surface area contributed by atoms with Gasteiger partial charge in [0.1, 0.15) is 6.07 Å². The van der Waals surface area contributed by atoms with Crippen LogP contribution in [0, 0.1) is 11.3 Å². The number of nitrogens with zero attached hydrogens (tertiary/aromatic N) is 1. The van der Waals surface area contributed by atoms with E-state index in [2.05, 4.69) is 5.32 Å². The van der Waals surface area contributed by atoms with Crippen molar-refractivity contribution in [1.29, 1.82) is 5.26 Å². The Morgan fingerprint density at radius 3 is 2.94 bits per heavy atom. The molecule has 1 rings (SSSR count). The summed E-state index contributed by atoms with van der Waals surface area (Å²) < 4.78 is 0. The van der Waals surface area contributed by atoms with Crippen LogP contribution in [-0.2, 0) is 4.79 Å². The van der Waals surface area contributed by atoms with Crippen molar-refractivity contribution in [2.24, 2.45) is 0 Å². The van der Waals surface area contributed by atoms with E-state index in [4.69, 9.17) is 10.4 Å². The smallest absolute Gasteiger partial charge is 0.237 e. The molecule has 0 heterocycles. The Morgan fingerprint density at radius 2 is 2.28 bits per heavy atom. The molecular formula is C13H16N2O2S. The standard InChI is InChI=1S/C13H16N2O2S/c1-10(18-8-4-7-16)13(17)15-12-6-3-2-5-11(12)9-14/h2-3,5-6,10,16H,4,7-8H2,1H3,(H,15,17). The van der Waals surface area contributed by atoms with Gasteiger partial charge in [0.15, 0.2) is 0 Å². The number of benzene rings is 1. The van der Waals surface area contributed by atoms with E-state index >= 15 is 0 Å². The summed E-state index contributed by atoms with van der Waals surface area (Å²) in [5.41, 5.74) is 0.998. The zero-order chi connectivity index (χ0) is 13.4. The quantitative estimate of drug-likeness (QED) is 0.771. The molecule has 18 heavy (non-hydrogen) atoms. The molecule has 5 heteroatoms. The van der Waals surface area contributed by atoms with Crippen LogP contribution in [-0.4, -0.2) is 28.6 Å². The number of para-hydroxylation sites is 1. The lowest BCUT2D eigenvalue weighted by Crippen LogP contribution is -2.23. The molecule has 1 aromatic carbocycles. The maximum atomic E-state index is 11.9. The van der Waals surface area contributed by atoms with Gasteiger partial charge in [-0.3, -0.25) is 4.79 Å². The number of hydrogen-bond acceptors (Lipinski definition) is 4. The van der Waals surface area contributed by atoms with Gasteiger partial charge in [-0.1, -0.05) is 12.1 Å². The van der Waals surface area contributed by atoms with Crippen LogP contribution in [0.3, 0.4) is 0 Å². The summed E-state index contributed by atoms with van der Waals surface area (Å²) in [4.78, 5) is 11.9. The second-order valence-electron chi connectivity index (χ2n) is 3.74. The normalized spacial score (nSPS) is 11.6. The van der Waals surface area contributed by atoms with Crippen LogP contribution in [0.15, 0.2) is 24.3 Å². The Bertz CT molecular complexity index is 443. The summed E-state index contributed by atoms with van der Waals surface area (Å²) in [5.74, 6) is 0.617. The van der Waals surface area contributed by atoms with Crippen LogP contribution in [0.1, 0.15) is 18.9 Å². The molecular weight excluding hydrogens is 248 g/mol. The summed E-state index contributed by atoms with van der Waals surface area (Å²) in [5, 5.41) is 20.1. The lowest BCUT2D eigenvalue weighted by Gasteiger charge is -2.12. The van der Waals surface area contributed by atoms with E-state index in [0.29, 0.717) is 17.7 Å². The Morgan fingerprint density at radius 1 is 1.56 bits per heavy atom. The molecule has 4 nitrogen and oxygen atoms in total. The largest absolute Gasteiger partial charge is 0.396 e. The van der Waals surface area contributed by atoms with Crippen LogP contribution in [0.5, 0.6) is 0 Å². The minimum atomic E-state index is -0.205. The number of thioether (sulfide) groups is 1. The molecule has 0 spiro atoms.